The summed E-state index contributed by atoms with van der Waals surface area (Å²) < 4.78 is 0. The zero-order valence-corrected chi connectivity index (χ0v) is 10.3. The number of aryl methyl sites for hydroxylation is 1. The van der Waals surface area contributed by atoms with Crippen LogP contribution < -0.4 is 0 Å². The first-order valence-corrected chi connectivity index (χ1v) is 5.94. The van der Waals surface area contributed by atoms with Gasteiger partial charge in [0.05, 0.1) is 0 Å². The molecule has 0 bridgehead atoms. The van der Waals surface area contributed by atoms with E-state index in [1.165, 1.54) is 16.7 Å². The van der Waals surface area contributed by atoms with Gasteiger partial charge >= 0.3 is 0 Å². The molecule has 0 N–H and O–H groups in total. The number of benzene rings is 1. The van der Waals surface area contributed by atoms with E-state index in [1.807, 2.05) is 13.0 Å². The summed E-state index contributed by atoms with van der Waals surface area (Å²) in [6.07, 6.45) is 5.03. The molecule has 2 rings (SSSR count). The minimum atomic E-state index is -0.194. The first-order valence-electron chi connectivity index (χ1n) is 5.56. The van der Waals surface area contributed by atoms with Gasteiger partial charge in [0, 0.05) is 5.92 Å². The maximum atomic E-state index is 11.0. The smallest absolute Gasteiger partial charge is 0.225 e. The van der Waals surface area contributed by atoms with Crippen molar-refractivity contribution in [2.24, 2.45) is 5.92 Å². The van der Waals surface area contributed by atoms with E-state index in [1.54, 1.807) is 0 Å². The molecule has 2 heteroatoms. The molecule has 2 unspecified atom stereocenters. The number of hydrogen-bond donors (Lipinski definition) is 0. The third kappa shape index (κ3) is 2.19. The number of allylic oxidation sites excluding steroid dienone is 1. The van der Waals surface area contributed by atoms with Gasteiger partial charge in [-0.2, -0.15) is 0 Å². The van der Waals surface area contributed by atoms with Crippen molar-refractivity contribution < 1.29 is 4.79 Å². The van der Waals surface area contributed by atoms with Crippen LogP contribution in [0.25, 0.3) is 6.08 Å². The fourth-order valence-electron chi connectivity index (χ4n) is 2.11. The number of carbonyl (C=O) groups is 1. The van der Waals surface area contributed by atoms with E-state index in [4.69, 9.17) is 11.6 Å². The van der Waals surface area contributed by atoms with Gasteiger partial charge in [0.15, 0.2) is 0 Å². The Morgan fingerprint density at radius 1 is 1.50 bits per heavy atom. The van der Waals surface area contributed by atoms with E-state index in [0.29, 0.717) is 5.92 Å². The van der Waals surface area contributed by atoms with Crippen LogP contribution in [0.4, 0.5) is 0 Å². The number of rotatable bonds is 3. The van der Waals surface area contributed by atoms with Crippen LogP contribution in [0.15, 0.2) is 24.3 Å². The predicted octanol–water partition coefficient (Wildman–Crippen LogP) is 3.90. The molecular weight excluding hydrogens is 220 g/mol. The fraction of sp³-hybridized carbons (Fsp3) is 0.357. The molecule has 84 valence electrons. The summed E-state index contributed by atoms with van der Waals surface area (Å²) in [5, 5.41) is -0.194. The third-order valence-corrected chi connectivity index (χ3v) is 3.43. The molecule has 0 spiro atoms. The fourth-order valence-corrected chi connectivity index (χ4v) is 2.35. The van der Waals surface area contributed by atoms with Crippen LogP contribution in [0.3, 0.4) is 0 Å². The lowest BCUT2D eigenvalue weighted by molar-refractivity contribution is -0.112. The van der Waals surface area contributed by atoms with Gasteiger partial charge < -0.3 is 0 Å². The molecule has 0 heterocycles. The Balaban J connectivity index is 2.20. The Morgan fingerprint density at radius 3 is 2.75 bits per heavy atom. The topological polar surface area (TPSA) is 17.1 Å². The highest BCUT2D eigenvalue weighted by molar-refractivity contribution is 6.64. The van der Waals surface area contributed by atoms with Crippen molar-refractivity contribution in [3.8, 4) is 0 Å². The molecule has 0 saturated heterocycles. The molecule has 1 nitrogen and oxygen atoms in total. The van der Waals surface area contributed by atoms with Crippen LogP contribution in [0.1, 0.15) is 36.0 Å². The predicted molar refractivity (Wildman–Crippen MR) is 67.6 cm³/mol. The molecule has 16 heavy (non-hydrogen) atoms. The summed E-state index contributed by atoms with van der Waals surface area (Å²) in [6, 6.07) is 6.38. The number of halogens is 1. The molecule has 0 aliphatic heterocycles. The van der Waals surface area contributed by atoms with Gasteiger partial charge in [-0.3, -0.25) is 4.79 Å². The van der Waals surface area contributed by atoms with E-state index >= 15 is 0 Å². The van der Waals surface area contributed by atoms with Gasteiger partial charge in [0.2, 0.25) is 5.24 Å². The molecule has 1 saturated carbocycles. The van der Waals surface area contributed by atoms with E-state index < -0.39 is 0 Å². The minimum Gasteiger partial charge on any atom is -0.281 e. The van der Waals surface area contributed by atoms with Crippen molar-refractivity contribution >= 4 is 22.9 Å². The highest BCUT2D eigenvalue weighted by Crippen LogP contribution is 2.48. The highest BCUT2D eigenvalue weighted by atomic mass is 35.5. The normalized spacial score (nSPS) is 23.7. The average Bonchev–Trinajstić information content (AvgIpc) is 3.01. The summed E-state index contributed by atoms with van der Waals surface area (Å²) in [4.78, 5) is 11.0. The summed E-state index contributed by atoms with van der Waals surface area (Å²) in [5.74, 6) is 0.400. The monoisotopic (exact) mass is 234 g/mol. The first-order chi connectivity index (χ1) is 7.63. The number of carbonyl (C=O) groups excluding carboxylic acids is 1. The van der Waals surface area contributed by atoms with Gasteiger partial charge in [0.25, 0.3) is 0 Å². The lowest BCUT2D eigenvalue weighted by atomic mass is 10.0. The Labute approximate surface area is 101 Å². The second-order valence-electron chi connectivity index (χ2n) is 4.37. The molecule has 2 atom stereocenters. The summed E-state index contributed by atoms with van der Waals surface area (Å²) in [5.41, 5.74) is 3.73. The van der Waals surface area contributed by atoms with Crippen molar-refractivity contribution in [1.29, 1.82) is 0 Å². The van der Waals surface area contributed by atoms with Crippen molar-refractivity contribution in [3.05, 3.63) is 41.0 Å². The van der Waals surface area contributed by atoms with Gasteiger partial charge in [-0.05, 0) is 54.5 Å². The van der Waals surface area contributed by atoms with Crippen molar-refractivity contribution in [3.63, 3.8) is 0 Å². The standard InChI is InChI=1S/C14H15ClO/c1-3-4-10-5-6-11(7-9(10)2)12-8-13(12)14(15)16/h3-7,12-13H,8H2,1-2H3. The van der Waals surface area contributed by atoms with Crippen LogP contribution in [0, 0.1) is 12.8 Å². The van der Waals surface area contributed by atoms with E-state index in [9.17, 15) is 4.79 Å². The van der Waals surface area contributed by atoms with Crippen molar-refractivity contribution in [2.75, 3.05) is 0 Å². The first kappa shape index (κ1) is 11.4. The van der Waals surface area contributed by atoms with Gasteiger partial charge in [-0.15, -0.1) is 0 Å². The molecule has 0 aromatic heterocycles. The van der Waals surface area contributed by atoms with E-state index in [-0.39, 0.29) is 11.2 Å². The zero-order chi connectivity index (χ0) is 11.7. The molecular formula is C14H15ClO. The van der Waals surface area contributed by atoms with Gasteiger partial charge in [-0.25, -0.2) is 0 Å². The van der Waals surface area contributed by atoms with Gasteiger partial charge in [0.1, 0.15) is 0 Å². The van der Waals surface area contributed by atoms with E-state index in [2.05, 4.69) is 31.2 Å². The highest BCUT2D eigenvalue weighted by Gasteiger charge is 2.43. The summed E-state index contributed by atoms with van der Waals surface area (Å²) in [7, 11) is 0. The largest absolute Gasteiger partial charge is 0.281 e. The average molecular weight is 235 g/mol. The lowest BCUT2D eigenvalue weighted by Gasteiger charge is -2.04. The maximum absolute atomic E-state index is 11.0. The second kappa shape index (κ2) is 4.42. The zero-order valence-electron chi connectivity index (χ0n) is 9.53. The molecule has 1 aromatic carbocycles. The number of hydrogen-bond acceptors (Lipinski definition) is 1. The SMILES string of the molecule is CC=Cc1ccc(C2CC2C(=O)Cl)cc1C. The second-order valence-corrected chi connectivity index (χ2v) is 4.74. The van der Waals surface area contributed by atoms with Crippen LogP contribution in [0.5, 0.6) is 0 Å². The minimum absolute atomic E-state index is 0.0497. The lowest BCUT2D eigenvalue weighted by Crippen LogP contribution is -1.92. The molecule has 1 aliphatic carbocycles. The Bertz CT molecular complexity index is 448. The molecule has 0 amide bonds. The Kier molecular flexibility index (Phi) is 3.15. The molecule has 0 radical (unpaired) electrons. The van der Waals surface area contributed by atoms with Crippen molar-refractivity contribution in [2.45, 2.75) is 26.2 Å². The van der Waals surface area contributed by atoms with Crippen LogP contribution in [-0.2, 0) is 4.79 Å². The maximum Gasteiger partial charge on any atom is 0.225 e. The third-order valence-electron chi connectivity index (χ3n) is 3.15. The summed E-state index contributed by atoms with van der Waals surface area (Å²) >= 11 is 5.49. The van der Waals surface area contributed by atoms with Crippen LogP contribution in [-0.4, -0.2) is 5.24 Å². The van der Waals surface area contributed by atoms with E-state index in [0.717, 1.165) is 6.42 Å². The molecule has 1 fully saturated rings. The molecule has 1 aliphatic rings. The van der Waals surface area contributed by atoms with Crippen molar-refractivity contribution in [1.82, 2.24) is 0 Å². The van der Waals surface area contributed by atoms with Crippen LogP contribution in [0.2, 0.25) is 0 Å². The quantitative estimate of drug-likeness (QED) is 0.725. The van der Waals surface area contributed by atoms with Gasteiger partial charge in [-0.1, -0.05) is 30.4 Å². The molecule has 1 aromatic rings. The Hall–Kier alpha value is -1.08. The Morgan fingerprint density at radius 2 is 2.25 bits per heavy atom. The summed E-state index contributed by atoms with van der Waals surface area (Å²) in [6.45, 7) is 4.11. The van der Waals surface area contributed by atoms with Crippen LogP contribution >= 0.6 is 11.6 Å².